The number of allylic oxidation sites excluding steroid dienone is 14. The van der Waals surface area contributed by atoms with E-state index in [1.165, 1.54) is 103 Å². The van der Waals surface area contributed by atoms with Crippen LogP contribution in [-0.2, 0) is 14.3 Å². The first-order chi connectivity index (χ1) is 30.0. The van der Waals surface area contributed by atoms with Gasteiger partial charge in [0.05, 0.1) is 25.2 Å². The van der Waals surface area contributed by atoms with Gasteiger partial charge in [-0.3, -0.25) is 9.59 Å². The van der Waals surface area contributed by atoms with E-state index in [0.717, 1.165) is 77.0 Å². The molecule has 3 unspecified atom stereocenters. The number of aliphatic hydroxyl groups is 2. The molecule has 0 aromatic rings. The lowest BCUT2D eigenvalue weighted by molar-refractivity contribution is -0.151. The Morgan fingerprint density at radius 2 is 0.984 bits per heavy atom. The molecule has 0 rings (SSSR count). The Morgan fingerprint density at radius 3 is 1.54 bits per heavy atom. The van der Waals surface area contributed by atoms with Crippen LogP contribution in [-0.4, -0.2) is 46.9 Å². The molecule has 61 heavy (non-hydrogen) atoms. The van der Waals surface area contributed by atoms with E-state index < -0.39 is 18.2 Å². The predicted molar refractivity (Wildman–Crippen MR) is 264 cm³/mol. The first-order valence-corrected chi connectivity index (χ1v) is 25.4. The van der Waals surface area contributed by atoms with Gasteiger partial charge in [-0.15, -0.1) is 0 Å². The lowest BCUT2D eigenvalue weighted by Crippen LogP contribution is -2.46. The molecule has 0 spiro atoms. The fraction of sp³-hybridized carbons (Fsp3) is 0.709. The van der Waals surface area contributed by atoms with Crippen LogP contribution in [0.15, 0.2) is 85.1 Å². The van der Waals surface area contributed by atoms with Crippen molar-refractivity contribution >= 4 is 11.9 Å². The Bertz CT molecular complexity index is 1180. The Morgan fingerprint density at radius 1 is 0.508 bits per heavy atom. The van der Waals surface area contributed by atoms with Gasteiger partial charge in [0.15, 0.2) is 0 Å². The van der Waals surface area contributed by atoms with Crippen molar-refractivity contribution in [1.82, 2.24) is 5.32 Å². The molecule has 0 saturated carbocycles. The number of aliphatic hydroxyl groups excluding tert-OH is 2. The number of esters is 1. The van der Waals surface area contributed by atoms with Crippen molar-refractivity contribution in [3.63, 3.8) is 0 Å². The monoisotopic (exact) mass is 850 g/mol. The lowest BCUT2D eigenvalue weighted by atomic mass is 10.0. The zero-order valence-electron chi connectivity index (χ0n) is 39.8. The van der Waals surface area contributed by atoms with E-state index in [-0.39, 0.29) is 24.9 Å². The molecule has 350 valence electrons. The summed E-state index contributed by atoms with van der Waals surface area (Å²) in [6, 6.07) is -0.730. The molecule has 0 aliphatic heterocycles. The highest BCUT2D eigenvalue weighted by atomic mass is 16.5. The van der Waals surface area contributed by atoms with Crippen LogP contribution in [0.2, 0.25) is 0 Å². The average Bonchev–Trinajstić information content (AvgIpc) is 3.25. The van der Waals surface area contributed by atoms with Crippen LogP contribution in [0.1, 0.15) is 226 Å². The SMILES string of the molecule is CC/C=C/C=C/C=C\C=C/C=C/CCCC(CC(=O)NC(CO)C(O)CCCCCCCCCCCCCCCCC)OC(=O)CCCCCCCCC/C=C/C/C=C/CC. The highest BCUT2D eigenvalue weighted by molar-refractivity contribution is 5.77. The maximum atomic E-state index is 13.2. The first kappa shape index (κ1) is 58.0. The van der Waals surface area contributed by atoms with Crippen LogP contribution < -0.4 is 5.32 Å². The Kier molecular flexibility index (Phi) is 45.7. The van der Waals surface area contributed by atoms with Gasteiger partial charge < -0.3 is 20.3 Å². The zero-order valence-corrected chi connectivity index (χ0v) is 39.8. The third-order valence-electron chi connectivity index (χ3n) is 11.1. The minimum Gasteiger partial charge on any atom is -0.462 e. The molecule has 3 atom stereocenters. The van der Waals surface area contributed by atoms with Gasteiger partial charge in [0.1, 0.15) is 6.10 Å². The van der Waals surface area contributed by atoms with Crippen LogP contribution in [0.25, 0.3) is 0 Å². The quantitative estimate of drug-likeness (QED) is 0.0246. The van der Waals surface area contributed by atoms with Gasteiger partial charge in [0.25, 0.3) is 0 Å². The van der Waals surface area contributed by atoms with Crippen molar-refractivity contribution < 1.29 is 24.5 Å². The molecule has 0 saturated heterocycles. The molecule has 0 aliphatic carbocycles. The second-order valence-corrected chi connectivity index (χ2v) is 16.9. The molecule has 0 bridgehead atoms. The first-order valence-electron chi connectivity index (χ1n) is 25.4. The van der Waals surface area contributed by atoms with Gasteiger partial charge in [0, 0.05) is 6.42 Å². The largest absolute Gasteiger partial charge is 0.462 e. The predicted octanol–water partition coefficient (Wildman–Crippen LogP) is 15.2. The van der Waals surface area contributed by atoms with E-state index in [4.69, 9.17) is 4.74 Å². The molecule has 0 fully saturated rings. The number of ether oxygens (including phenoxy) is 1. The molecular formula is C55H95NO5. The van der Waals surface area contributed by atoms with Crippen molar-refractivity contribution in [3.8, 4) is 0 Å². The molecule has 6 heteroatoms. The minimum absolute atomic E-state index is 0.0217. The lowest BCUT2D eigenvalue weighted by Gasteiger charge is -2.24. The number of hydrogen-bond donors (Lipinski definition) is 3. The van der Waals surface area contributed by atoms with Crippen LogP contribution in [0.3, 0.4) is 0 Å². The minimum atomic E-state index is -0.811. The van der Waals surface area contributed by atoms with Gasteiger partial charge in [0.2, 0.25) is 5.91 Å². The third-order valence-corrected chi connectivity index (χ3v) is 11.1. The normalized spacial score (nSPS) is 14.0. The third kappa shape index (κ3) is 43.5. The second kappa shape index (κ2) is 48.1. The number of carbonyl (C=O) groups excluding carboxylic acids is 2. The van der Waals surface area contributed by atoms with E-state index in [1.54, 1.807) is 0 Å². The second-order valence-electron chi connectivity index (χ2n) is 16.9. The smallest absolute Gasteiger partial charge is 0.306 e. The Balaban J connectivity index is 4.67. The fourth-order valence-electron chi connectivity index (χ4n) is 7.32. The molecular weight excluding hydrogens is 755 g/mol. The maximum absolute atomic E-state index is 13.2. The summed E-state index contributed by atoms with van der Waals surface area (Å²) in [6.45, 7) is 6.21. The number of nitrogens with one attached hydrogen (secondary N) is 1. The number of carbonyl (C=O) groups is 2. The summed E-state index contributed by atoms with van der Waals surface area (Å²) in [5.74, 6) is -0.560. The van der Waals surface area contributed by atoms with Crippen molar-refractivity contribution in [2.75, 3.05) is 6.61 Å². The molecule has 1 amide bonds. The van der Waals surface area contributed by atoms with Crippen LogP contribution in [0.5, 0.6) is 0 Å². The van der Waals surface area contributed by atoms with Gasteiger partial charge in [-0.25, -0.2) is 0 Å². The summed E-state index contributed by atoms with van der Waals surface area (Å²) < 4.78 is 5.88. The van der Waals surface area contributed by atoms with Gasteiger partial charge in [-0.2, -0.15) is 0 Å². The summed E-state index contributed by atoms with van der Waals surface area (Å²) in [5, 5.41) is 23.7. The van der Waals surface area contributed by atoms with Gasteiger partial charge >= 0.3 is 5.97 Å². The van der Waals surface area contributed by atoms with Crippen molar-refractivity contribution in [1.29, 1.82) is 0 Å². The van der Waals surface area contributed by atoms with Gasteiger partial charge in [-0.05, 0) is 64.2 Å². The van der Waals surface area contributed by atoms with Crippen molar-refractivity contribution in [2.24, 2.45) is 0 Å². The number of hydrogen-bond acceptors (Lipinski definition) is 5. The summed E-state index contributed by atoms with van der Waals surface area (Å²) >= 11 is 0. The van der Waals surface area contributed by atoms with Crippen molar-refractivity contribution in [2.45, 2.75) is 244 Å². The molecule has 0 aromatic heterocycles. The van der Waals surface area contributed by atoms with Crippen molar-refractivity contribution in [3.05, 3.63) is 85.1 Å². The zero-order chi connectivity index (χ0) is 44.5. The number of unbranched alkanes of at least 4 members (excludes halogenated alkanes) is 22. The van der Waals surface area contributed by atoms with E-state index in [9.17, 15) is 19.8 Å². The molecule has 0 radical (unpaired) electrons. The van der Waals surface area contributed by atoms with E-state index in [2.05, 4.69) is 62.5 Å². The van der Waals surface area contributed by atoms with Crippen LogP contribution >= 0.6 is 0 Å². The Labute approximate surface area is 376 Å². The molecule has 0 aliphatic rings. The molecule has 0 heterocycles. The summed E-state index contributed by atoms with van der Waals surface area (Å²) in [7, 11) is 0. The standard InChI is InChI=1S/C55H95NO5/c1-4-7-10-13-16-19-22-25-27-29-32-35-38-41-44-47-53(58)52(50-57)56-54(59)49-51(46-43-40-37-34-31-28-24-21-18-15-12-9-6-3)61-55(60)48-45-42-39-36-33-30-26-23-20-17-14-11-8-5-2/h8-9,11-12,15,17-18,20-21,24,28,31,34,37,51-53,57-58H,4-7,10,13-14,16,19,22-23,25-27,29-30,32-33,35-36,38-50H2,1-3H3,(H,56,59)/b11-8+,12-9+,18-15+,20-17+,24-21-,31-28-,37-34+. The molecule has 0 aromatic carbocycles. The summed E-state index contributed by atoms with van der Waals surface area (Å²) in [5.41, 5.74) is 0. The average molecular weight is 850 g/mol. The molecule has 6 nitrogen and oxygen atoms in total. The highest BCUT2D eigenvalue weighted by Gasteiger charge is 2.24. The summed E-state index contributed by atoms with van der Waals surface area (Å²) in [4.78, 5) is 26.1. The van der Waals surface area contributed by atoms with Gasteiger partial charge in [-0.1, -0.05) is 234 Å². The van der Waals surface area contributed by atoms with E-state index >= 15 is 0 Å². The van der Waals surface area contributed by atoms with Crippen LogP contribution in [0.4, 0.5) is 0 Å². The Hall–Kier alpha value is -2.96. The number of rotatable bonds is 44. The fourth-order valence-corrected chi connectivity index (χ4v) is 7.32. The number of amides is 1. The van der Waals surface area contributed by atoms with E-state index in [1.807, 2.05) is 48.6 Å². The topological polar surface area (TPSA) is 95.9 Å². The van der Waals surface area contributed by atoms with Crippen LogP contribution in [0, 0.1) is 0 Å². The van der Waals surface area contributed by atoms with E-state index in [0.29, 0.717) is 19.3 Å². The molecule has 3 N–H and O–H groups in total. The summed E-state index contributed by atoms with van der Waals surface area (Å²) in [6.07, 6.45) is 62.2. The highest BCUT2D eigenvalue weighted by Crippen LogP contribution is 2.17. The maximum Gasteiger partial charge on any atom is 0.306 e.